The minimum absolute atomic E-state index is 0.0539. The Morgan fingerprint density at radius 2 is 2.04 bits per heavy atom. The molecule has 24 heavy (non-hydrogen) atoms. The summed E-state index contributed by atoms with van der Waals surface area (Å²) in [5, 5.41) is 5.20. The third kappa shape index (κ3) is 4.41. The summed E-state index contributed by atoms with van der Waals surface area (Å²) in [4.78, 5) is 24.9. The number of ether oxygens (including phenoxy) is 1. The lowest BCUT2D eigenvalue weighted by molar-refractivity contribution is -0.121. The van der Waals surface area contributed by atoms with Crippen LogP contribution in [-0.2, 0) is 4.79 Å². The molecular formula is C18H20N2O3S. The van der Waals surface area contributed by atoms with Gasteiger partial charge in [0.05, 0.1) is 6.54 Å². The van der Waals surface area contributed by atoms with Crippen LogP contribution in [0.5, 0.6) is 5.75 Å². The lowest BCUT2D eigenvalue weighted by Crippen LogP contribution is -2.32. The molecule has 0 saturated carbocycles. The van der Waals surface area contributed by atoms with Crippen molar-refractivity contribution in [2.24, 2.45) is 0 Å². The minimum atomic E-state index is -0.0539. The first kappa shape index (κ1) is 16.6. The molecule has 0 bridgehead atoms. The predicted molar refractivity (Wildman–Crippen MR) is 96.5 cm³/mol. The molecule has 0 aliphatic carbocycles. The number of benzene rings is 2. The monoisotopic (exact) mass is 344 g/mol. The van der Waals surface area contributed by atoms with Gasteiger partial charge in [-0.05, 0) is 22.9 Å². The van der Waals surface area contributed by atoms with Crippen molar-refractivity contribution in [2.75, 3.05) is 32.0 Å². The van der Waals surface area contributed by atoms with Crippen LogP contribution >= 0.6 is 11.8 Å². The first-order valence-corrected chi connectivity index (χ1v) is 9.01. The van der Waals surface area contributed by atoms with Crippen LogP contribution in [-0.4, -0.2) is 48.0 Å². The Hall–Kier alpha value is -2.21. The molecule has 126 valence electrons. The standard InChI is InChI=1S/C18H20N2O3S/c21-17(7-9-20-10-12-24-18(20)22)19-8-11-23-16-6-5-14-3-1-2-4-15(14)13-16/h1-6,13H,7-12H2,(H,19,21). The summed E-state index contributed by atoms with van der Waals surface area (Å²) in [5.41, 5.74) is 0. The van der Waals surface area contributed by atoms with E-state index in [0.29, 0.717) is 26.1 Å². The smallest absolute Gasteiger partial charge is 0.281 e. The molecule has 1 N–H and O–H groups in total. The Kier molecular flexibility index (Phi) is 5.59. The highest BCUT2D eigenvalue weighted by atomic mass is 32.2. The van der Waals surface area contributed by atoms with E-state index in [0.717, 1.165) is 23.4 Å². The lowest BCUT2D eigenvalue weighted by Gasteiger charge is -2.14. The van der Waals surface area contributed by atoms with E-state index in [9.17, 15) is 9.59 Å². The van der Waals surface area contributed by atoms with Gasteiger partial charge in [0.2, 0.25) is 5.91 Å². The fourth-order valence-corrected chi connectivity index (χ4v) is 3.42. The van der Waals surface area contributed by atoms with Crippen molar-refractivity contribution in [1.82, 2.24) is 10.2 Å². The number of amides is 2. The summed E-state index contributed by atoms with van der Waals surface area (Å²) < 4.78 is 5.68. The summed E-state index contributed by atoms with van der Waals surface area (Å²) in [6, 6.07) is 14.1. The van der Waals surface area contributed by atoms with Crippen molar-refractivity contribution in [3.8, 4) is 5.75 Å². The van der Waals surface area contributed by atoms with Crippen LogP contribution < -0.4 is 10.1 Å². The van der Waals surface area contributed by atoms with Gasteiger partial charge >= 0.3 is 0 Å². The molecule has 5 nitrogen and oxygen atoms in total. The van der Waals surface area contributed by atoms with Gasteiger partial charge in [-0.3, -0.25) is 9.59 Å². The lowest BCUT2D eigenvalue weighted by atomic mass is 10.1. The Morgan fingerprint density at radius 1 is 1.21 bits per heavy atom. The van der Waals surface area contributed by atoms with Crippen molar-refractivity contribution in [3.05, 3.63) is 42.5 Å². The molecule has 1 aliphatic rings. The van der Waals surface area contributed by atoms with Gasteiger partial charge in [0.15, 0.2) is 0 Å². The molecule has 1 fully saturated rings. The van der Waals surface area contributed by atoms with Gasteiger partial charge in [-0.1, -0.05) is 42.1 Å². The fourth-order valence-electron chi connectivity index (χ4n) is 2.57. The number of fused-ring (bicyclic) bond motifs is 1. The Morgan fingerprint density at radius 3 is 2.83 bits per heavy atom. The van der Waals surface area contributed by atoms with Crippen LogP contribution in [0.2, 0.25) is 0 Å². The largest absolute Gasteiger partial charge is 0.492 e. The molecule has 2 aromatic rings. The predicted octanol–water partition coefficient (Wildman–Crippen LogP) is 2.89. The summed E-state index contributed by atoms with van der Waals surface area (Å²) in [5.74, 6) is 1.56. The SMILES string of the molecule is O=C(CCN1CCSC1=O)NCCOc1ccc2ccccc2c1. The second kappa shape index (κ2) is 8.06. The molecule has 1 saturated heterocycles. The van der Waals surface area contributed by atoms with Crippen molar-refractivity contribution < 1.29 is 14.3 Å². The maximum Gasteiger partial charge on any atom is 0.281 e. The van der Waals surface area contributed by atoms with Crippen LogP contribution in [0, 0.1) is 0 Å². The molecule has 0 atom stereocenters. The van der Waals surface area contributed by atoms with E-state index in [1.165, 1.54) is 17.1 Å². The first-order chi connectivity index (χ1) is 11.7. The molecule has 0 unspecified atom stereocenters. The average Bonchev–Trinajstić information content (AvgIpc) is 3.02. The molecular weight excluding hydrogens is 324 g/mol. The maximum absolute atomic E-state index is 11.8. The van der Waals surface area contributed by atoms with Gasteiger partial charge in [0, 0.05) is 25.3 Å². The zero-order valence-corrected chi connectivity index (χ0v) is 14.2. The highest BCUT2D eigenvalue weighted by Gasteiger charge is 2.21. The van der Waals surface area contributed by atoms with E-state index in [-0.39, 0.29) is 11.1 Å². The normalized spacial score (nSPS) is 14.2. The Balaban J connectivity index is 1.36. The van der Waals surface area contributed by atoms with Gasteiger partial charge in [-0.2, -0.15) is 0 Å². The summed E-state index contributed by atoms with van der Waals surface area (Å²) in [6.07, 6.45) is 0.336. The average molecular weight is 344 g/mol. The highest BCUT2D eigenvalue weighted by Crippen LogP contribution is 2.20. The van der Waals surface area contributed by atoms with Crippen LogP contribution in [0.3, 0.4) is 0 Å². The second-order valence-electron chi connectivity index (χ2n) is 5.56. The third-order valence-corrected chi connectivity index (χ3v) is 4.76. The Bertz CT molecular complexity index is 735. The number of hydrogen-bond acceptors (Lipinski definition) is 4. The van der Waals surface area contributed by atoms with E-state index in [1.807, 2.05) is 36.4 Å². The molecule has 0 aromatic heterocycles. The van der Waals surface area contributed by atoms with E-state index in [1.54, 1.807) is 4.90 Å². The maximum atomic E-state index is 11.8. The van der Waals surface area contributed by atoms with Crippen molar-refractivity contribution >= 4 is 33.7 Å². The van der Waals surface area contributed by atoms with Gasteiger partial charge in [-0.15, -0.1) is 0 Å². The topological polar surface area (TPSA) is 58.6 Å². The molecule has 2 amide bonds. The zero-order chi connectivity index (χ0) is 16.8. The number of nitrogens with zero attached hydrogens (tertiary/aromatic N) is 1. The molecule has 0 spiro atoms. The Labute approximate surface area is 145 Å². The summed E-state index contributed by atoms with van der Waals surface area (Å²) >= 11 is 1.31. The molecule has 3 rings (SSSR count). The van der Waals surface area contributed by atoms with Crippen molar-refractivity contribution in [3.63, 3.8) is 0 Å². The molecule has 1 heterocycles. The quantitative estimate of drug-likeness (QED) is 0.785. The zero-order valence-electron chi connectivity index (χ0n) is 13.4. The second-order valence-corrected chi connectivity index (χ2v) is 6.60. The number of rotatable bonds is 7. The van der Waals surface area contributed by atoms with Gasteiger partial charge in [0.1, 0.15) is 12.4 Å². The van der Waals surface area contributed by atoms with Crippen molar-refractivity contribution in [1.29, 1.82) is 0 Å². The molecule has 2 aromatic carbocycles. The van der Waals surface area contributed by atoms with E-state index in [4.69, 9.17) is 4.74 Å². The van der Waals surface area contributed by atoms with Crippen LogP contribution in [0.25, 0.3) is 10.8 Å². The number of carbonyl (C=O) groups excluding carboxylic acids is 2. The van der Waals surface area contributed by atoms with E-state index < -0.39 is 0 Å². The fraction of sp³-hybridized carbons (Fsp3) is 0.333. The van der Waals surface area contributed by atoms with Gasteiger partial charge < -0.3 is 15.0 Å². The van der Waals surface area contributed by atoms with Crippen LogP contribution in [0.1, 0.15) is 6.42 Å². The van der Waals surface area contributed by atoms with E-state index in [2.05, 4.69) is 11.4 Å². The highest BCUT2D eigenvalue weighted by molar-refractivity contribution is 8.13. The third-order valence-electron chi connectivity index (χ3n) is 3.87. The van der Waals surface area contributed by atoms with E-state index >= 15 is 0 Å². The summed E-state index contributed by atoms with van der Waals surface area (Å²) in [6.45, 7) is 2.10. The number of carbonyl (C=O) groups is 2. The molecule has 0 radical (unpaired) electrons. The molecule has 6 heteroatoms. The van der Waals surface area contributed by atoms with Gasteiger partial charge in [0.25, 0.3) is 5.24 Å². The van der Waals surface area contributed by atoms with Gasteiger partial charge in [-0.25, -0.2) is 0 Å². The molecule has 1 aliphatic heterocycles. The van der Waals surface area contributed by atoms with Crippen LogP contribution in [0.15, 0.2) is 42.5 Å². The number of hydrogen-bond donors (Lipinski definition) is 1. The van der Waals surface area contributed by atoms with Crippen LogP contribution in [0.4, 0.5) is 4.79 Å². The first-order valence-electron chi connectivity index (χ1n) is 8.02. The van der Waals surface area contributed by atoms with Crippen molar-refractivity contribution in [2.45, 2.75) is 6.42 Å². The minimum Gasteiger partial charge on any atom is -0.492 e. The number of thioether (sulfide) groups is 1. The summed E-state index contributed by atoms with van der Waals surface area (Å²) in [7, 11) is 0. The number of nitrogens with one attached hydrogen (secondary N) is 1.